The zero-order chi connectivity index (χ0) is 18.3. The van der Waals surface area contributed by atoms with E-state index in [4.69, 9.17) is 0 Å². The van der Waals surface area contributed by atoms with Crippen LogP contribution in [0.1, 0.15) is 98.3 Å². The van der Waals surface area contributed by atoms with E-state index in [2.05, 4.69) is 33.8 Å². The monoisotopic (exact) mass is 456 g/mol. The molecule has 3 atom stereocenters. The Balaban J connectivity index is 2.20. The van der Waals surface area contributed by atoms with Crippen molar-refractivity contribution >= 4 is 18.4 Å². The van der Waals surface area contributed by atoms with Gasteiger partial charge in [-0.1, -0.05) is 0 Å². The van der Waals surface area contributed by atoms with Crippen LogP contribution in [0.25, 0.3) is 0 Å². The third kappa shape index (κ3) is 5.27. The average Bonchev–Trinajstić information content (AvgIpc) is 2.94. The second-order valence-electron chi connectivity index (χ2n) is 9.44. The van der Waals surface area contributed by atoms with Crippen LogP contribution in [0.4, 0.5) is 0 Å². The van der Waals surface area contributed by atoms with E-state index < -0.39 is 18.4 Å². The summed E-state index contributed by atoms with van der Waals surface area (Å²) in [6.45, 7) is 9.39. The van der Waals surface area contributed by atoms with Crippen LogP contribution in [0.5, 0.6) is 0 Å². The Hall–Kier alpha value is 0.499. The molecule has 2 aliphatic carbocycles. The number of hydrogen-bond acceptors (Lipinski definition) is 1. The van der Waals surface area contributed by atoms with Gasteiger partial charge in [0.2, 0.25) is 0 Å². The van der Waals surface area contributed by atoms with Gasteiger partial charge in [-0.15, -0.1) is 0 Å². The van der Waals surface area contributed by atoms with Crippen molar-refractivity contribution in [3.05, 3.63) is 11.6 Å². The molecule has 1 N–H and O–H groups in total. The maximum atomic E-state index is 11.1. The fourth-order valence-electron chi connectivity index (χ4n) is 5.79. The minimum absolute atomic E-state index is 0.0113. The molecule has 25 heavy (non-hydrogen) atoms. The molecule has 146 valence electrons. The Labute approximate surface area is 161 Å². The predicted octanol–water partition coefficient (Wildman–Crippen LogP) is 7.48. The van der Waals surface area contributed by atoms with E-state index in [0.717, 1.165) is 10.4 Å². The molecule has 1 fully saturated rings. The van der Waals surface area contributed by atoms with E-state index in [1.165, 1.54) is 64.2 Å². The van der Waals surface area contributed by atoms with E-state index in [0.29, 0.717) is 0 Å². The summed E-state index contributed by atoms with van der Waals surface area (Å²) in [7, 11) is 0. The molecule has 0 heterocycles. The van der Waals surface area contributed by atoms with E-state index in [9.17, 15) is 5.11 Å². The van der Waals surface area contributed by atoms with Crippen molar-refractivity contribution in [3.8, 4) is 0 Å². The first kappa shape index (κ1) is 21.8. The summed E-state index contributed by atoms with van der Waals surface area (Å²) < 4.78 is 5.77. The van der Waals surface area contributed by atoms with Gasteiger partial charge in [0.1, 0.15) is 0 Å². The second-order valence-corrected chi connectivity index (χ2v) is 23.8. The van der Waals surface area contributed by atoms with E-state index in [1.807, 2.05) is 0 Å². The van der Waals surface area contributed by atoms with Gasteiger partial charge in [0.25, 0.3) is 0 Å². The first-order valence-electron chi connectivity index (χ1n) is 11.4. The first-order chi connectivity index (χ1) is 12.0. The van der Waals surface area contributed by atoms with Crippen LogP contribution in [0.2, 0.25) is 17.2 Å². The zero-order valence-corrected chi connectivity index (χ0v) is 20.4. The second kappa shape index (κ2) is 10.2. The van der Waals surface area contributed by atoms with Crippen molar-refractivity contribution in [3.63, 3.8) is 0 Å². The summed E-state index contributed by atoms with van der Waals surface area (Å²) in [6, 6.07) is 0. The molecule has 0 bridgehead atoms. The van der Waals surface area contributed by atoms with Crippen molar-refractivity contribution < 1.29 is 5.11 Å². The fourth-order valence-corrected chi connectivity index (χ4v) is 24.9. The van der Waals surface area contributed by atoms with Gasteiger partial charge in [-0.05, 0) is 0 Å². The van der Waals surface area contributed by atoms with Crippen LogP contribution in [0.15, 0.2) is 11.6 Å². The van der Waals surface area contributed by atoms with Crippen molar-refractivity contribution in [2.24, 2.45) is 5.41 Å². The van der Waals surface area contributed by atoms with Crippen LogP contribution in [0.3, 0.4) is 0 Å². The Kier molecular flexibility index (Phi) is 8.85. The Bertz CT molecular complexity index is 408. The van der Waals surface area contributed by atoms with Gasteiger partial charge >= 0.3 is 162 Å². The average molecular weight is 455 g/mol. The molecule has 2 heteroatoms. The van der Waals surface area contributed by atoms with Gasteiger partial charge in [-0.3, -0.25) is 0 Å². The summed E-state index contributed by atoms with van der Waals surface area (Å²) in [5, 5.41) is 11.1. The summed E-state index contributed by atoms with van der Waals surface area (Å²) in [5.74, 6) is 0. The quantitative estimate of drug-likeness (QED) is 0.268. The van der Waals surface area contributed by atoms with Crippen molar-refractivity contribution in [2.45, 2.75) is 122 Å². The maximum absolute atomic E-state index is 11.1. The topological polar surface area (TPSA) is 20.2 Å². The van der Waals surface area contributed by atoms with Gasteiger partial charge in [0.05, 0.1) is 0 Å². The molecule has 1 unspecified atom stereocenters. The molecular weight excluding hydrogens is 411 g/mol. The molecule has 0 aromatic heterocycles. The molecule has 1 spiro atoms. The predicted molar refractivity (Wildman–Crippen MR) is 114 cm³/mol. The molecule has 0 aromatic rings. The number of aliphatic hydroxyl groups excluding tert-OH is 1. The van der Waals surface area contributed by atoms with E-state index in [-0.39, 0.29) is 11.5 Å². The standard InChI is InChI=1S/C11H17O.3C4H9.Sn/c1-9-4-7-11(8-5-9)6-2-3-10(11)12;3*1-3-4-2;/h2,4,10,12H,3,5-8H2,1H3;3*1,3-4H2,2H3;/t10-,11?;;;;/m1..../s1. The molecule has 0 amide bonds. The van der Waals surface area contributed by atoms with Crippen molar-refractivity contribution in [1.82, 2.24) is 0 Å². The van der Waals surface area contributed by atoms with Gasteiger partial charge in [0.15, 0.2) is 0 Å². The summed E-state index contributed by atoms with van der Waals surface area (Å²) >= 11 is -2.19. The molecule has 2 rings (SSSR count). The zero-order valence-electron chi connectivity index (χ0n) is 17.6. The van der Waals surface area contributed by atoms with Crippen molar-refractivity contribution in [2.75, 3.05) is 0 Å². The van der Waals surface area contributed by atoms with Gasteiger partial charge in [0, 0.05) is 0 Å². The molecule has 1 saturated carbocycles. The van der Waals surface area contributed by atoms with Gasteiger partial charge in [-0.2, -0.15) is 0 Å². The number of allylic oxidation sites excluding steroid dienone is 2. The van der Waals surface area contributed by atoms with Crippen LogP contribution in [0, 0.1) is 5.41 Å². The van der Waals surface area contributed by atoms with E-state index >= 15 is 0 Å². The van der Waals surface area contributed by atoms with Gasteiger partial charge in [-0.25, -0.2) is 0 Å². The van der Waals surface area contributed by atoms with E-state index in [1.54, 1.807) is 18.9 Å². The van der Waals surface area contributed by atoms with Crippen LogP contribution < -0.4 is 0 Å². The third-order valence-corrected chi connectivity index (χ3v) is 25.4. The van der Waals surface area contributed by atoms with Crippen LogP contribution >= 0.6 is 0 Å². The molecule has 0 aliphatic heterocycles. The number of rotatable bonds is 10. The van der Waals surface area contributed by atoms with Crippen LogP contribution in [-0.4, -0.2) is 29.6 Å². The normalized spacial score (nSPS) is 30.0. The number of hydrogen-bond donors (Lipinski definition) is 1. The van der Waals surface area contributed by atoms with Crippen LogP contribution in [-0.2, 0) is 0 Å². The number of aliphatic hydroxyl groups is 1. The molecular formula is C23H44OSn. The number of unbranched alkanes of at least 4 members (excludes halogenated alkanes) is 3. The Morgan fingerprint density at radius 3 is 2.04 bits per heavy atom. The van der Waals surface area contributed by atoms with Crippen molar-refractivity contribution in [1.29, 1.82) is 0 Å². The Morgan fingerprint density at radius 2 is 1.60 bits per heavy atom. The molecule has 0 aromatic carbocycles. The Morgan fingerprint density at radius 1 is 1.04 bits per heavy atom. The SMILES string of the molecule is CCC[CH2][Sn]([CH2]CCC)([CH2]CCC)[C@@H]1C[C@@H](O)C2(CC=C(C)CC2)C1. The first-order valence-corrected chi connectivity index (χ1v) is 19.1. The summed E-state index contributed by atoms with van der Waals surface area (Å²) in [4.78, 5) is 0. The molecule has 2 aliphatic rings. The third-order valence-electron chi connectivity index (χ3n) is 7.69. The van der Waals surface area contributed by atoms with Gasteiger partial charge < -0.3 is 0 Å². The molecule has 1 nitrogen and oxygen atoms in total. The minimum atomic E-state index is -2.19. The summed E-state index contributed by atoms with van der Waals surface area (Å²) in [6.07, 6.45) is 17.1. The fraction of sp³-hybridized carbons (Fsp3) is 0.913. The molecule has 0 radical (unpaired) electrons. The summed E-state index contributed by atoms with van der Waals surface area (Å²) in [5.41, 5.74) is 1.82. The molecule has 0 saturated heterocycles.